The van der Waals surface area contributed by atoms with Crippen molar-refractivity contribution < 1.29 is 9.53 Å². The third-order valence-electron chi connectivity index (χ3n) is 3.36. The molecule has 1 aliphatic carbocycles. The molecule has 0 amide bonds. The zero-order chi connectivity index (χ0) is 14.5. The number of methoxy groups -OCH3 is 1. The number of carbonyl (C=O) groups excluding carboxylic acids is 1. The number of halogens is 1. The number of thioether (sulfide) groups is 1. The summed E-state index contributed by atoms with van der Waals surface area (Å²) in [5.74, 6) is -0.0333. The van der Waals surface area contributed by atoms with Crippen molar-refractivity contribution in [2.24, 2.45) is 0 Å². The zero-order valence-electron chi connectivity index (χ0n) is 11.6. The summed E-state index contributed by atoms with van der Waals surface area (Å²) in [6.07, 6.45) is 7.68. The normalized spacial score (nSPS) is 15.9. The Kier molecular flexibility index (Phi) is 5.48. The van der Waals surface area contributed by atoms with Crippen LogP contribution in [0.4, 0.5) is 5.82 Å². The molecule has 0 spiro atoms. The molecule has 0 atom stereocenters. The van der Waals surface area contributed by atoms with E-state index in [4.69, 9.17) is 16.3 Å². The Morgan fingerprint density at radius 2 is 2.05 bits per heavy atom. The Labute approximate surface area is 127 Å². The lowest BCUT2D eigenvalue weighted by Gasteiger charge is -2.24. The van der Waals surface area contributed by atoms with Gasteiger partial charge in [-0.05, 0) is 19.1 Å². The molecule has 110 valence electrons. The Hall–Kier alpha value is -1.01. The summed E-state index contributed by atoms with van der Waals surface area (Å²) < 4.78 is 4.77. The Balaban J connectivity index is 2.31. The van der Waals surface area contributed by atoms with Crippen LogP contribution in [-0.4, -0.2) is 35.3 Å². The Bertz CT molecular complexity index is 493. The molecule has 1 fully saturated rings. The molecule has 0 aliphatic heterocycles. The number of anilines is 1. The van der Waals surface area contributed by atoms with E-state index in [1.165, 1.54) is 38.1 Å². The summed E-state index contributed by atoms with van der Waals surface area (Å²) in [4.78, 5) is 20.3. The van der Waals surface area contributed by atoms with E-state index in [2.05, 4.69) is 15.3 Å². The van der Waals surface area contributed by atoms with Crippen molar-refractivity contribution in [3.8, 4) is 0 Å². The summed E-state index contributed by atoms with van der Waals surface area (Å²) in [5.41, 5.74) is 0.220. The number of esters is 1. The van der Waals surface area contributed by atoms with Crippen LogP contribution >= 0.6 is 23.4 Å². The van der Waals surface area contributed by atoms with Gasteiger partial charge in [0.05, 0.1) is 7.11 Å². The molecule has 1 heterocycles. The van der Waals surface area contributed by atoms with Crippen LogP contribution in [0, 0.1) is 0 Å². The molecule has 1 saturated carbocycles. The van der Waals surface area contributed by atoms with E-state index >= 15 is 0 Å². The van der Waals surface area contributed by atoms with Gasteiger partial charge in [-0.1, -0.05) is 42.6 Å². The highest BCUT2D eigenvalue weighted by atomic mass is 35.5. The fourth-order valence-electron chi connectivity index (χ4n) is 2.33. The molecule has 1 aromatic heterocycles. The average molecular weight is 316 g/mol. The predicted octanol–water partition coefficient (Wildman–Crippen LogP) is 3.38. The highest BCUT2D eigenvalue weighted by molar-refractivity contribution is 7.98. The van der Waals surface area contributed by atoms with Crippen LogP contribution < -0.4 is 5.32 Å². The number of aromatic nitrogens is 2. The van der Waals surface area contributed by atoms with Crippen LogP contribution in [0.3, 0.4) is 0 Å². The van der Waals surface area contributed by atoms with E-state index in [1.54, 1.807) is 0 Å². The predicted molar refractivity (Wildman–Crippen MR) is 80.7 cm³/mol. The molecule has 5 nitrogen and oxygen atoms in total. The minimum Gasteiger partial charge on any atom is -0.465 e. The van der Waals surface area contributed by atoms with E-state index in [9.17, 15) is 4.79 Å². The second-order valence-corrected chi connectivity index (χ2v) is 5.83. The third kappa shape index (κ3) is 3.55. The van der Waals surface area contributed by atoms with Gasteiger partial charge in [-0.2, -0.15) is 0 Å². The molecule has 2 rings (SSSR count). The van der Waals surface area contributed by atoms with Gasteiger partial charge in [0.15, 0.2) is 5.16 Å². The lowest BCUT2D eigenvalue weighted by molar-refractivity contribution is 0.0601. The van der Waals surface area contributed by atoms with Crippen LogP contribution in [0.1, 0.15) is 42.5 Å². The van der Waals surface area contributed by atoms with Gasteiger partial charge >= 0.3 is 5.97 Å². The van der Waals surface area contributed by atoms with Gasteiger partial charge in [0.2, 0.25) is 0 Å². The van der Waals surface area contributed by atoms with E-state index < -0.39 is 5.97 Å². The minimum atomic E-state index is -0.513. The number of hydrogen-bond donors (Lipinski definition) is 1. The number of nitrogens with one attached hydrogen (secondary N) is 1. The number of hydrogen-bond acceptors (Lipinski definition) is 6. The fourth-order valence-corrected chi connectivity index (χ4v) is 3.00. The second kappa shape index (κ2) is 7.13. The largest absolute Gasteiger partial charge is 0.465 e. The van der Waals surface area contributed by atoms with Crippen molar-refractivity contribution in [3.05, 3.63) is 10.7 Å². The third-order valence-corrected chi connectivity index (χ3v) is 4.18. The van der Waals surface area contributed by atoms with Gasteiger partial charge in [0, 0.05) is 6.04 Å². The van der Waals surface area contributed by atoms with Crippen molar-refractivity contribution in [3.63, 3.8) is 0 Å². The number of ether oxygens (including phenoxy) is 1. The standard InChI is InChI=1S/C13H18ClN3O2S/c1-19-12(18)9-10(14)16-13(20-2)17-11(9)15-8-6-4-3-5-7-8/h8H,3-7H2,1-2H3,(H,15,16,17). The fraction of sp³-hybridized carbons (Fsp3) is 0.615. The van der Waals surface area contributed by atoms with Gasteiger partial charge in [-0.15, -0.1) is 0 Å². The van der Waals surface area contributed by atoms with Gasteiger partial charge < -0.3 is 10.1 Å². The van der Waals surface area contributed by atoms with Crippen molar-refractivity contribution in [2.45, 2.75) is 43.3 Å². The van der Waals surface area contributed by atoms with Gasteiger partial charge in [-0.25, -0.2) is 14.8 Å². The first-order valence-electron chi connectivity index (χ1n) is 6.62. The lowest BCUT2D eigenvalue weighted by Crippen LogP contribution is -2.25. The smallest absolute Gasteiger partial charge is 0.344 e. The summed E-state index contributed by atoms with van der Waals surface area (Å²) in [7, 11) is 1.32. The quantitative estimate of drug-likeness (QED) is 0.398. The molecule has 0 unspecified atom stereocenters. The first-order valence-corrected chi connectivity index (χ1v) is 8.22. The van der Waals surface area contributed by atoms with E-state index in [0.717, 1.165) is 12.8 Å². The number of nitrogens with zero attached hydrogens (tertiary/aromatic N) is 2. The van der Waals surface area contributed by atoms with Crippen molar-refractivity contribution >= 4 is 35.1 Å². The first-order chi connectivity index (χ1) is 9.65. The van der Waals surface area contributed by atoms with Crippen LogP contribution in [0.2, 0.25) is 5.15 Å². The molecule has 1 N–H and O–H groups in total. The van der Waals surface area contributed by atoms with Crippen LogP contribution in [-0.2, 0) is 4.74 Å². The summed E-state index contributed by atoms with van der Waals surface area (Å²) >= 11 is 7.49. The van der Waals surface area contributed by atoms with Crippen molar-refractivity contribution in [2.75, 3.05) is 18.7 Å². The number of rotatable bonds is 4. The SMILES string of the molecule is COC(=O)c1c(Cl)nc(SC)nc1NC1CCCCC1. The van der Waals surface area contributed by atoms with Gasteiger partial charge in [0.25, 0.3) is 0 Å². The highest BCUT2D eigenvalue weighted by Gasteiger charge is 2.23. The van der Waals surface area contributed by atoms with E-state index in [0.29, 0.717) is 17.0 Å². The van der Waals surface area contributed by atoms with E-state index in [1.807, 2.05) is 6.26 Å². The minimum absolute atomic E-state index is 0.134. The highest BCUT2D eigenvalue weighted by Crippen LogP contribution is 2.28. The van der Waals surface area contributed by atoms with Crippen molar-refractivity contribution in [1.29, 1.82) is 0 Å². The van der Waals surface area contributed by atoms with Gasteiger partial charge in [0.1, 0.15) is 16.5 Å². The second-order valence-electron chi connectivity index (χ2n) is 4.70. The van der Waals surface area contributed by atoms with Crippen molar-refractivity contribution in [1.82, 2.24) is 9.97 Å². The average Bonchev–Trinajstić information content (AvgIpc) is 2.47. The number of carbonyl (C=O) groups is 1. The topological polar surface area (TPSA) is 64.1 Å². The maximum absolute atomic E-state index is 11.9. The summed E-state index contributed by atoms with van der Waals surface area (Å²) in [6, 6.07) is 0.327. The molecule has 0 saturated heterocycles. The molecule has 0 bridgehead atoms. The Morgan fingerprint density at radius 1 is 1.35 bits per heavy atom. The van der Waals surface area contributed by atoms with E-state index in [-0.39, 0.29) is 10.7 Å². The van der Waals surface area contributed by atoms with Gasteiger partial charge in [-0.3, -0.25) is 0 Å². The zero-order valence-corrected chi connectivity index (χ0v) is 13.2. The molecule has 0 aromatic carbocycles. The lowest BCUT2D eigenvalue weighted by atomic mass is 9.95. The first kappa shape index (κ1) is 15.4. The molecule has 20 heavy (non-hydrogen) atoms. The van der Waals surface area contributed by atoms with Crippen LogP contribution in [0.25, 0.3) is 0 Å². The molecular weight excluding hydrogens is 298 g/mol. The molecule has 1 aromatic rings. The molecule has 1 aliphatic rings. The molecule has 0 radical (unpaired) electrons. The maximum Gasteiger partial charge on any atom is 0.344 e. The molecule has 7 heteroatoms. The summed E-state index contributed by atoms with van der Waals surface area (Å²) in [6.45, 7) is 0. The van der Waals surface area contributed by atoms with Crippen LogP contribution in [0.15, 0.2) is 5.16 Å². The Morgan fingerprint density at radius 3 is 2.65 bits per heavy atom. The summed E-state index contributed by atoms with van der Waals surface area (Å²) in [5, 5.41) is 4.01. The van der Waals surface area contributed by atoms with Crippen LogP contribution in [0.5, 0.6) is 0 Å². The molecular formula is C13H18ClN3O2S. The maximum atomic E-state index is 11.9. The monoisotopic (exact) mass is 315 g/mol.